The van der Waals surface area contributed by atoms with Crippen molar-refractivity contribution in [3.63, 3.8) is 0 Å². The first kappa shape index (κ1) is 4.53. The number of piperidine rings is 1. The van der Waals surface area contributed by atoms with Crippen molar-refractivity contribution in [3.05, 3.63) is 0 Å². The van der Waals surface area contributed by atoms with E-state index in [1.807, 2.05) is 0 Å². The molecule has 6 aliphatic rings. The lowest BCUT2D eigenvalue weighted by Crippen LogP contribution is -2.64. The summed E-state index contributed by atoms with van der Waals surface area (Å²) in [6.45, 7) is 0. The molecule has 0 aromatic rings. The van der Waals surface area contributed by atoms with E-state index in [9.17, 15) is 15.2 Å². The van der Waals surface area contributed by atoms with Gasteiger partial charge in [0.1, 0.15) is 6.02 Å². The van der Waals surface area contributed by atoms with Crippen LogP contribution in [0.1, 0.15) is 78.4 Å². The van der Waals surface area contributed by atoms with Crippen LogP contribution < -0.4 is 5.73 Å². The van der Waals surface area contributed by atoms with Gasteiger partial charge in [-0.2, -0.15) is 5.26 Å². The monoisotopic (exact) mass is 335 g/mol. The molecule has 0 spiro atoms. The number of carbonyl (C=O) groups excluding carboxylic acids is 1. The first-order chi connectivity index (χ1) is 18.5. The molecule has 0 radical (unpaired) electrons. The minimum absolute atomic E-state index is 0.379. The van der Waals surface area contributed by atoms with Gasteiger partial charge in [0.05, 0.1) is 21.8 Å². The summed E-state index contributed by atoms with van der Waals surface area (Å²) >= 11 is 0. The van der Waals surface area contributed by atoms with Crippen molar-refractivity contribution in [2.75, 3.05) is 0 Å². The van der Waals surface area contributed by atoms with Crippen molar-refractivity contribution in [2.45, 2.75) is 74.7 Å². The van der Waals surface area contributed by atoms with Crippen molar-refractivity contribution >= 4 is 5.91 Å². The lowest BCUT2D eigenvalue weighted by atomic mass is 9.46. The van der Waals surface area contributed by atoms with Crippen molar-refractivity contribution in [1.82, 2.24) is 4.90 Å². The number of aliphatic hydroxyl groups is 1. The summed E-state index contributed by atoms with van der Waals surface area (Å²) in [6.07, 6.45) is -31.3. The molecule has 0 aromatic carbocycles. The fourth-order valence-electron chi connectivity index (χ4n) is 3.08. The van der Waals surface area contributed by atoms with Gasteiger partial charge in [-0.15, -0.1) is 0 Å². The fraction of sp³-hybridized carbons (Fsp3) is 0.889. The molecule has 5 aliphatic carbocycles. The highest BCUT2D eigenvalue weighted by atomic mass is 16.3. The minimum atomic E-state index is -4.67. The van der Waals surface area contributed by atoms with E-state index in [2.05, 4.69) is 0 Å². The van der Waals surface area contributed by atoms with E-state index in [1.165, 1.54) is 0 Å². The third-order valence-corrected chi connectivity index (χ3v) is 4.13. The van der Waals surface area contributed by atoms with Crippen LogP contribution in [0.2, 0.25) is 0 Å². The quantitative estimate of drug-likeness (QED) is 0.792. The van der Waals surface area contributed by atoms with Crippen LogP contribution in [0.3, 0.4) is 0 Å². The van der Waals surface area contributed by atoms with Gasteiger partial charge in [-0.25, -0.2) is 0 Å². The van der Waals surface area contributed by atoms with E-state index in [0.29, 0.717) is 0 Å². The fourth-order valence-corrected chi connectivity index (χ4v) is 3.08. The van der Waals surface area contributed by atoms with Crippen LogP contribution in [0.4, 0.5) is 0 Å². The Kier molecular flexibility index (Phi) is 0.844. The number of hydrogen-bond donors (Lipinski definition) is 2. The summed E-state index contributed by atoms with van der Waals surface area (Å²) in [5.74, 6) is -14.0. The molecule has 6 atom stereocenters. The summed E-state index contributed by atoms with van der Waals surface area (Å²) in [7, 11) is 0. The normalized spacial score (nSPS) is 99.3. The van der Waals surface area contributed by atoms with Crippen molar-refractivity contribution < 1.29 is 37.3 Å². The largest absolute Gasteiger partial charge is 0.390 e. The topological polar surface area (TPSA) is 90.3 Å². The highest BCUT2D eigenvalue weighted by molar-refractivity contribution is 5.84. The second kappa shape index (κ2) is 4.29. The van der Waals surface area contributed by atoms with Crippen LogP contribution in [-0.2, 0) is 4.79 Å². The van der Waals surface area contributed by atoms with E-state index in [-0.39, 0.29) is 4.90 Å². The minimum Gasteiger partial charge on any atom is -0.390 e. The third-order valence-electron chi connectivity index (χ3n) is 4.13. The molecule has 1 amide bonds. The average Bonchev–Trinajstić information content (AvgIpc) is 3.38. The molecule has 23 heavy (non-hydrogen) atoms. The van der Waals surface area contributed by atoms with Gasteiger partial charge in [0.2, 0.25) is 5.91 Å². The van der Waals surface area contributed by atoms with Crippen LogP contribution in [0.15, 0.2) is 0 Å². The number of likely N-dealkylation sites (tertiary alicyclic amines) is 1. The molecule has 1 aliphatic heterocycles. The molecule has 5 heteroatoms. The maximum Gasteiger partial charge on any atom is 0.241 e. The molecule has 5 nitrogen and oxygen atoms in total. The van der Waals surface area contributed by atoms with E-state index >= 15 is 0 Å². The zero-order valence-electron chi connectivity index (χ0n) is 31.5. The molecular formula is C18H25N3O2. The van der Waals surface area contributed by atoms with Crippen LogP contribution in [0.5, 0.6) is 0 Å². The smallest absolute Gasteiger partial charge is 0.241 e. The molecule has 0 aromatic heterocycles. The summed E-state index contributed by atoms with van der Waals surface area (Å²) in [6, 6.07) is -10.00. The van der Waals surface area contributed by atoms with Crippen LogP contribution >= 0.6 is 0 Å². The van der Waals surface area contributed by atoms with Gasteiger partial charge in [0.15, 0.2) is 0 Å². The number of rotatable bonds is 2. The predicted molar refractivity (Wildman–Crippen MR) is 82.8 cm³/mol. The molecule has 2 unspecified atom stereocenters. The Hall–Kier alpha value is -1.12. The lowest BCUT2D eigenvalue weighted by molar-refractivity contribution is -0.177. The Morgan fingerprint density at radius 3 is 2.78 bits per heavy atom. The first-order valence-electron chi connectivity index (χ1n) is 16.8. The zero-order valence-corrected chi connectivity index (χ0v) is 11.5. The van der Waals surface area contributed by atoms with Gasteiger partial charge < -0.3 is 15.7 Å². The Morgan fingerprint density at radius 1 is 1.43 bits per heavy atom. The third kappa shape index (κ3) is 1.88. The Balaban J connectivity index is 1.96. The summed E-state index contributed by atoms with van der Waals surface area (Å²) in [5, 5.41) is 21.5. The van der Waals surface area contributed by atoms with Gasteiger partial charge in [-0.1, -0.05) is 0 Å². The van der Waals surface area contributed by atoms with Crippen LogP contribution in [-0.4, -0.2) is 39.6 Å². The molecule has 4 bridgehead atoms. The SMILES string of the molecule is [2H]C1([2H])C2([2H])C([2H])([2H])C3(O)C([2H])([2H])C1([2H])C([2H])([2H])C([C@@]([2H])(N)C(=O)N1[C@]([2H])(C#N)C([2H])([2H])[C@]4([2H])C[C@]14[2H])(C2([2H])[2H])C3([2H])[2H]. The van der Waals surface area contributed by atoms with E-state index in [1.54, 1.807) is 0 Å². The molecule has 3 N–H and O–H groups in total. The van der Waals surface area contributed by atoms with E-state index in [0.717, 1.165) is 6.07 Å². The molecule has 6 fully saturated rings. The van der Waals surface area contributed by atoms with Crippen molar-refractivity contribution in [2.24, 2.45) is 28.8 Å². The van der Waals surface area contributed by atoms with E-state index in [4.69, 9.17) is 33.1 Å². The second-order valence-corrected chi connectivity index (χ2v) is 5.70. The maximum atomic E-state index is 14.3. The van der Waals surface area contributed by atoms with Gasteiger partial charge in [0, 0.05) is 29.3 Å². The van der Waals surface area contributed by atoms with Gasteiger partial charge in [-0.3, -0.25) is 4.79 Å². The summed E-state index contributed by atoms with van der Waals surface area (Å²) in [4.78, 5) is 13.9. The van der Waals surface area contributed by atoms with E-state index < -0.39 is 104 Å². The number of fused-ring (bicyclic) bond motifs is 1. The van der Waals surface area contributed by atoms with Crippen LogP contribution in [0.25, 0.3) is 0 Å². The Bertz CT molecular complexity index is 1330. The number of amides is 1. The second-order valence-electron chi connectivity index (χ2n) is 5.70. The molecule has 124 valence electrons. The van der Waals surface area contributed by atoms with Gasteiger partial charge in [0.25, 0.3) is 0 Å². The van der Waals surface area contributed by atoms with Crippen LogP contribution in [0, 0.1) is 34.4 Å². The highest BCUT2D eigenvalue weighted by Gasteiger charge is 2.62. The van der Waals surface area contributed by atoms with Crippen molar-refractivity contribution in [1.29, 1.82) is 5.26 Å². The molecule has 6 rings (SSSR count). The molecule has 1 heterocycles. The number of hydrogen-bond acceptors (Lipinski definition) is 4. The summed E-state index contributed by atoms with van der Waals surface area (Å²) < 4.78 is 173. The maximum absolute atomic E-state index is 14.3. The van der Waals surface area contributed by atoms with Crippen molar-refractivity contribution in [3.8, 4) is 6.07 Å². The number of nitriles is 1. The average molecular weight is 336 g/mol. The Morgan fingerprint density at radius 2 is 2.13 bits per heavy atom. The number of carbonyl (C=O) groups is 1. The first-order valence-corrected chi connectivity index (χ1v) is 6.82. The highest BCUT2D eigenvalue weighted by Crippen LogP contribution is 2.63. The Labute approximate surface area is 164 Å². The zero-order chi connectivity index (χ0) is 34.1. The van der Waals surface area contributed by atoms with Gasteiger partial charge >= 0.3 is 0 Å². The van der Waals surface area contributed by atoms with Gasteiger partial charge in [-0.05, 0) is 74.1 Å². The number of nitrogens with zero attached hydrogens (tertiary/aromatic N) is 2. The lowest BCUT2D eigenvalue weighted by Gasteiger charge is -2.61. The summed E-state index contributed by atoms with van der Waals surface area (Å²) in [5.41, 5.74) is -3.26. The standard InChI is InChI=1S/C18H25N3O2/c19-8-13-2-12-3-14(12)21(13)16(22)15(20)17-4-10-1-11(5-17)7-18(23,6-10)9-17/h10-15,23H,1-7,9,20H2/t10?,11?,12-,13+,14+,15+,17?,18?/m1/s1/i1D2,2D2,4D2,5D2,6D2,7D2,9D2,10D,11D,12D,13D,14D,15D. The molecule has 1 saturated heterocycles. The predicted octanol–water partition coefficient (Wildman–Crippen LogP) is 1.16. The molecule has 5 saturated carbocycles. The molecular weight excluding hydrogens is 290 g/mol. The number of nitrogens with two attached hydrogens (primary N) is 1.